The molecule has 0 heterocycles. The number of methoxy groups -OCH3 is 1. The van der Waals surface area contributed by atoms with Gasteiger partial charge in [0.15, 0.2) is 11.5 Å². The highest BCUT2D eigenvalue weighted by molar-refractivity contribution is 6.35. The van der Waals surface area contributed by atoms with Crippen molar-refractivity contribution in [3.8, 4) is 17.6 Å². The van der Waals surface area contributed by atoms with Crippen molar-refractivity contribution >= 4 is 35.2 Å². The average Bonchev–Trinajstić information content (AvgIpc) is 2.65. The van der Waals surface area contributed by atoms with E-state index < -0.39 is 5.91 Å². The first kappa shape index (κ1) is 21.6. The molecule has 0 spiro atoms. The zero-order chi connectivity index (χ0) is 20.7. The van der Waals surface area contributed by atoms with E-state index in [1.165, 1.54) is 13.2 Å². The van der Waals surface area contributed by atoms with Crippen LogP contribution in [0.25, 0.3) is 6.08 Å². The van der Waals surface area contributed by atoms with Gasteiger partial charge in [0.2, 0.25) is 0 Å². The molecule has 0 aliphatic heterocycles. The number of halogens is 2. The quantitative estimate of drug-likeness (QED) is 0.506. The van der Waals surface area contributed by atoms with E-state index in [2.05, 4.69) is 5.32 Å². The van der Waals surface area contributed by atoms with Crippen LogP contribution in [0.4, 0.5) is 0 Å². The summed E-state index contributed by atoms with van der Waals surface area (Å²) in [5.74, 6) is 0.518. The molecule has 7 heteroatoms. The minimum Gasteiger partial charge on any atom is -0.493 e. The van der Waals surface area contributed by atoms with Crippen molar-refractivity contribution in [2.75, 3.05) is 7.11 Å². The molecule has 0 saturated heterocycles. The van der Waals surface area contributed by atoms with E-state index in [-0.39, 0.29) is 18.2 Å². The largest absolute Gasteiger partial charge is 0.493 e. The molecule has 0 aromatic heterocycles. The molecular weight excluding hydrogens is 399 g/mol. The summed E-state index contributed by atoms with van der Waals surface area (Å²) in [6.45, 7) is 3.82. The minimum atomic E-state index is -0.426. The summed E-state index contributed by atoms with van der Waals surface area (Å²) in [4.78, 5) is 12.1. The molecule has 1 N–H and O–H groups in total. The lowest BCUT2D eigenvalue weighted by Gasteiger charge is -2.13. The summed E-state index contributed by atoms with van der Waals surface area (Å²) >= 11 is 12.3. The maximum atomic E-state index is 12.1. The van der Waals surface area contributed by atoms with Gasteiger partial charge in [0, 0.05) is 21.7 Å². The summed E-state index contributed by atoms with van der Waals surface area (Å²) in [6.07, 6.45) is 1.49. The Morgan fingerprint density at radius 2 is 1.89 bits per heavy atom. The van der Waals surface area contributed by atoms with Crippen LogP contribution in [-0.2, 0) is 11.4 Å². The van der Waals surface area contributed by atoms with Crippen LogP contribution in [0.2, 0.25) is 10.0 Å². The smallest absolute Gasteiger partial charge is 0.262 e. The predicted molar refractivity (Wildman–Crippen MR) is 111 cm³/mol. The van der Waals surface area contributed by atoms with Gasteiger partial charge in [-0.25, -0.2) is 0 Å². The van der Waals surface area contributed by atoms with Gasteiger partial charge in [0.25, 0.3) is 5.91 Å². The number of hydrogen-bond acceptors (Lipinski definition) is 4. The molecule has 0 unspecified atom stereocenters. The number of hydrogen-bond donors (Lipinski definition) is 1. The lowest BCUT2D eigenvalue weighted by atomic mass is 10.1. The third kappa shape index (κ3) is 5.66. The van der Waals surface area contributed by atoms with Gasteiger partial charge in [-0.05, 0) is 49.8 Å². The van der Waals surface area contributed by atoms with Gasteiger partial charge in [-0.3, -0.25) is 4.79 Å². The lowest BCUT2D eigenvalue weighted by Crippen LogP contribution is -2.30. The molecule has 0 bridgehead atoms. The molecule has 28 heavy (non-hydrogen) atoms. The molecule has 2 rings (SSSR count). The molecule has 0 saturated carbocycles. The van der Waals surface area contributed by atoms with Gasteiger partial charge < -0.3 is 14.8 Å². The molecule has 5 nitrogen and oxygen atoms in total. The summed E-state index contributed by atoms with van der Waals surface area (Å²) in [5, 5.41) is 13.0. The Morgan fingerprint density at radius 1 is 1.21 bits per heavy atom. The van der Waals surface area contributed by atoms with Crippen molar-refractivity contribution in [3.63, 3.8) is 0 Å². The van der Waals surface area contributed by atoms with E-state index in [1.54, 1.807) is 36.4 Å². The molecule has 2 aromatic carbocycles. The highest BCUT2D eigenvalue weighted by Gasteiger charge is 2.12. The zero-order valence-electron chi connectivity index (χ0n) is 15.8. The Morgan fingerprint density at radius 3 is 2.46 bits per heavy atom. The van der Waals surface area contributed by atoms with Gasteiger partial charge in [0.1, 0.15) is 18.2 Å². The normalized spacial score (nSPS) is 11.1. The number of amides is 1. The summed E-state index contributed by atoms with van der Waals surface area (Å²) in [5.41, 5.74) is 1.32. The fraction of sp³-hybridized carbons (Fsp3) is 0.238. The van der Waals surface area contributed by atoms with Gasteiger partial charge in [-0.1, -0.05) is 35.3 Å². The first-order valence-corrected chi connectivity index (χ1v) is 9.27. The molecule has 1 amide bonds. The number of carbonyl (C=O) groups is 1. The topological polar surface area (TPSA) is 71.3 Å². The highest BCUT2D eigenvalue weighted by atomic mass is 35.5. The first-order valence-electron chi connectivity index (χ1n) is 8.52. The molecule has 2 aromatic rings. The third-order valence-electron chi connectivity index (χ3n) is 3.72. The highest BCUT2D eigenvalue weighted by Crippen LogP contribution is 2.32. The van der Waals surface area contributed by atoms with E-state index >= 15 is 0 Å². The van der Waals surface area contributed by atoms with Crippen LogP contribution in [-0.4, -0.2) is 19.1 Å². The Hall–Kier alpha value is -2.68. The predicted octanol–water partition coefficient (Wildman–Crippen LogP) is 5.01. The Kier molecular flexibility index (Phi) is 7.74. The van der Waals surface area contributed by atoms with Crippen LogP contribution in [0.1, 0.15) is 25.0 Å². The third-order valence-corrected chi connectivity index (χ3v) is 4.43. The summed E-state index contributed by atoms with van der Waals surface area (Å²) in [7, 11) is 1.51. The van der Waals surface area contributed by atoms with Gasteiger partial charge in [-0.15, -0.1) is 0 Å². The van der Waals surface area contributed by atoms with Crippen molar-refractivity contribution in [1.29, 1.82) is 5.26 Å². The summed E-state index contributed by atoms with van der Waals surface area (Å²) < 4.78 is 11.2. The van der Waals surface area contributed by atoms with Gasteiger partial charge in [-0.2, -0.15) is 5.26 Å². The lowest BCUT2D eigenvalue weighted by molar-refractivity contribution is -0.117. The van der Waals surface area contributed by atoms with Crippen molar-refractivity contribution in [2.45, 2.75) is 26.5 Å². The monoisotopic (exact) mass is 418 g/mol. The second-order valence-electron chi connectivity index (χ2n) is 6.20. The standard InChI is InChI=1S/C21H20Cl2N2O3/c1-13(2)25-21(26)15(11-24)9-14-7-8-19(20(10-14)27-3)28-12-16-17(22)5-4-6-18(16)23/h4-10,13H,12H2,1-3H3,(H,25,26)/b15-9-. The van der Waals surface area contributed by atoms with Crippen LogP contribution >= 0.6 is 23.2 Å². The molecule has 0 aliphatic rings. The molecule has 0 fully saturated rings. The second kappa shape index (κ2) is 10.0. The molecule has 0 atom stereocenters. The van der Waals surface area contributed by atoms with E-state index in [9.17, 15) is 10.1 Å². The number of nitrogens with zero attached hydrogens (tertiary/aromatic N) is 1. The molecule has 0 radical (unpaired) electrons. The maximum Gasteiger partial charge on any atom is 0.262 e. The Labute approximate surface area is 174 Å². The SMILES string of the molecule is COc1cc(/C=C(/C#N)C(=O)NC(C)C)ccc1OCc1c(Cl)cccc1Cl. The summed E-state index contributed by atoms with van der Waals surface area (Å²) in [6, 6.07) is 12.2. The molecule has 0 aliphatic carbocycles. The average molecular weight is 419 g/mol. The zero-order valence-corrected chi connectivity index (χ0v) is 17.3. The molecule has 146 valence electrons. The minimum absolute atomic E-state index is 0.00673. The van der Waals surface area contributed by atoms with Crippen LogP contribution in [0, 0.1) is 11.3 Å². The van der Waals surface area contributed by atoms with Crippen molar-refractivity contribution < 1.29 is 14.3 Å². The van der Waals surface area contributed by atoms with Gasteiger partial charge >= 0.3 is 0 Å². The number of rotatable bonds is 7. The van der Waals surface area contributed by atoms with Crippen LogP contribution in [0.3, 0.4) is 0 Å². The number of ether oxygens (including phenoxy) is 2. The first-order chi connectivity index (χ1) is 13.3. The van der Waals surface area contributed by atoms with E-state index in [0.29, 0.717) is 32.7 Å². The number of carbonyl (C=O) groups excluding carboxylic acids is 1. The Balaban J connectivity index is 2.23. The maximum absolute atomic E-state index is 12.1. The number of benzene rings is 2. The van der Waals surface area contributed by atoms with E-state index in [4.69, 9.17) is 32.7 Å². The van der Waals surface area contributed by atoms with Gasteiger partial charge in [0.05, 0.1) is 7.11 Å². The van der Waals surface area contributed by atoms with Crippen molar-refractivity contribution in [1.82, 2.24) is 5.32 Å². The van der Waals surface area contributed by atoms with Crippen LogP contribution in [0.5, 0.6) is 11.5 Å². The van der Waals surface area contributed by atoms with Crippen LogP contribution < -0.4 is 14.8 Å². The van der Waals surface area contributed by atoms with Crippen LogP contribution in [0.15, 0.2) is 42.0 Å². The number of nitrogens with one attached hydrogen (secondary N) is 1. The fourth-order valence-electron chi connectivity index (χ4n) is 2.37. The second-order valence-corrected chi connectivity index (χ2v) is 7.01. The van der Waals surface area contributed by atoms with Crippen molar-refractivity contribution in [3.05, 3.63) is 63.1 Å². The molecular formula is C21H20Cl2N2O3. The van der Waals surface area contributed by atoms with E-state index in [1.807, 2.05) is 19.9 Å². The fourth-order valence-corrected chi connectivity index (χ4v) is 2.88. The van der Waals surface area contributed by atoms with Crippen molar-refractivity contribution in [2.24, 2.45) is 0 Å². The Bertz CT molecular complexity index is 913. The number of nitriles is 1. The van der Waals surface area contributed by atoms with E-state index in [0.717, 1.165) is 0 Å².